The van der Waals surface area contributed by atoms with E-state index in [2.05, 4.69) is 42.2 Å². The molecule has 0 bridgehead atoms. The van der Waals surface area contributed by atoms with Crippen LogP contribution in [0.25, 0.3) is 6.08 Å². The fraction of sp³-hybridized carbons (Fsp3) is 0.0417. The van der Waals surface area contributed by atoms with Gasteiger partial charge in [0.2, 0.25) is 0 Å². The number of thioether (sulfide) groups is 1. The number of rotatable bonds is 6. The molecule has 0 atom stereocenters. The maximum Gasteiger partial charge on any atom is 0.335 e. The van der Waals surface area contributed by atoms with Crippen molar-refractivity contribution in [3.8, 4) is 5.75 Å². The van der Waals surface area contributed by atoms with Crippen molar-refractivity contribution < 1.29 is 23.8 Å². The van der Waals surface area contributed by atoms with Crippen LogP contribution in [0.3, 0.4) is 0 Å². The number of aromatic carboxylic acids is 1. The first-order valence-corrected chi connectivity index (χ1v) is 12.2. The molecular formula is C24H15Br2FN2O4S. The fourth-order valence-electron chi connectivity index (χ4n) is 2.96. The van der Waals surface area contributed by atoms with Gasteiger partial charge in [-0.2, -0.15) is 0 Å². The minimum absolute atomic E-state index is 0.211. The van der Waals surface area contributed by atoms with Gasteiger partial charge in [0.15, 0.2) is 5.17 Å². The monoisotopic (exact) mass is 604 g/mol. The molecule has 34 heavy (non-hydrogen) atoms. The van der Waals surface area contributed by atoms with E-state index in [0.717, 1.165) is 11.1 Å². The minimum Gasteiger partial charge on any atom is -0.487 e. The van der Waals surface area contributed by atoms with Gasteiger partial charge in [-0.05, 0) is 109 Å². The Hall–Kier alpha value is -2.95. The summed E-state index contributed by atoms with van der Waals surface area (Å²) >= 11 is 8.20. The topological polar surface area (TPSA) is 88.0 Å². The number of nitrogens with one attached hydrogen (secondary N) is 1. The Morgan fingerprint density at radius 3 is 2.35 bits per heavy atom. The number of aliphatic imine (C=N–C) groups is 1. The summed E-state index contributed by atoms with van der Waals surface area (Å²) in [5.74, 6) is -1.03. The number of carbonyl (C=O) groups excluding carboxylic acids is 1. The molecule has 1 aliphatic rings. The molecule has 0 aliphatic carbocycles. The van der Waals surface area contributed by atoms with Crippen LogP contribution in [0.1, 0.15) is 21.5 Å². The van der Waals surface area contributed by atoms with Crippen molar-refractivity contribution in [2.24, 2.45) is 4.99 Å². The SMILES string of the molecule is O=C1NC(=Nc2ccc(F)cc2)S/C1=C/c1cc(Br)c(OCc2ccc(C(=O)O)cc2)c(Br)c1. The van der Waals surface area contributed by atoms with Gasteiger partial charge >= 0.3 is 5.97 Å². The maximum atomic E-state index is 13.1. The lowest BCUT2D eigenvalue weighted by molar-refractivity contribution is -0.115. The van der Waals surface area contributed by atoms with Crippen LogP contribution in [0, 0.1) is 5.82 Å². The predicted octanol–water partition coefficient (Wildman–Crippen LogP) is 6.52. The summed E-state index contributed by atoms with van der Waals surface area (Å²) in [6.45, 7) is 0.249. The number of hydrogen-bond acceptors (Lipinski definition) is 5. The van der Waals surface area contributed by atoms with Gasteiger partial charge in [-0.15, -0.1) is 0 Å². The summed E-state index contributed by atoms with van der Waals surface area (Å²) in [6, 6.07) is 15.8. The van der Waals surface area contributed by atoms with E-state index in [1.807, 2.05) is 12.1 Å². The first kappa shape index (κ1) is 24.2. The Bertz CT molecular complexity index is 1300. The van der Waals surface area contributed by atoms with Gasteiger partial charge in [0.1, 0.15) is 18.2 Å². The second-order valence-electron chi connectivity index (χ2n) is 7.06. The molecule has 0 saturated carbocycles. The summed E-state index contributed by atoms with van der Waals surface area (Å²) in [7, 11) is 0. The molecule has 3 aromatic carbocycles. The largest absolute Gasteiger partial charge is 0.487 e. The Morgan fingerprint density at radius 2 is 1.74 bits per heavy atom. The Labute approximate surface area is 215 Å². The highest BCUT2D eigenvalue weighted by atomic mass is 79.9. The molecule has 0 unspecified atom stereocenters. The van der Waals surface area contributed by atoms with Crippen molar-refractivity contribution in [2.75, 3.05) is 0 Å². The average molecular weight is 606 g/mol. The summed E-state index contributed by atoms with van der Waals surface area (Å²) in [5.41, 5.74) is 2.33. The van der Waals surface area contributed by atoms with Crippen molar-refractivity contribution in [3.05, 3.63) is 97.0 Å². The highest BCUT2D eigenvalue weighted by Gasteiger charge is 2.24. The molecule has 0 radical (unpaired) electrons. The molecule has 2 N–H and O–H groups in total. The van der Waals surface area contributed by atoms with Gasteiger partial charge < -0.3 is 15.2 Å². The number of amides is 1. The molecule has 1 saturated heterocycles. The lowest BCUT2D eigenvalue weighted by Crippen LogP contribution is -2.19. The number of halogens is 3. The van der Waals surface area contributed by atoms with Crippen molar-refractivity contribution in [3.63, 3.8) is 0 Å². The van der Waals surface area contributed by atoms with Crippen LogP contribution >= 0.6 is 43.6 Å². The van der Waals surface area contributed by atoms with Crippen LogP contribution in [-0.4, -0.2) is 22.2 Å². The van der Waals surface area contributed by atoms with Crippen molar-refractivity contribution >= 4 is 72.4 Å². The Morgan fingerprint density at radius 1 is 1.09 bits per heavy atom. The second kappa shape index (κ2) is 10.5. The third-order valence-electron chi connectivity index (χ3n) is 4.61. The number of hydrogen-bond donors (Lipinski definition) is 2. The lowest BCUT2D eigenvalue weighted by atomic mass is 10.1. The quantitative estimate of drug-likeness (QED) is 0.312. The van der Waals surface area contributed by atoms with E-state index >= 15 is 0 Å². The van der Waals surface area contributed by atoms with Crippen molar-refractivity contribution in [1.82, 2.24) is 5.32 Å². The zero-order valence-corrected chi connectivity index (χ0v) is 21.2. The van der Waals surface area contributed by atoms with Crippen LogP contribution in [0.4, 0.5) is 10.1 Å². The summed E-state index contributed by atoms with van der Waals surface area (Å²) < 4.78 is 20.3. The number of nitrogens with zero attached hydrogens (tertiary/aromatic N) is 1. The van der Waals surface area contributed by atoms with Crippen molar-refractivity contribution in [2.45, 2.75) is 6.61 Å². The van der Waals surface area contributed by atoms with Gasteiger partial charge in [-0.25, -0.2) is 14.2 Å². The molecule has 1 fully saturated rings. The molecule has 1 amide bonds. The number of carbonyl (C=O) groups is 2. The predicted molar refractivity (Wildman–Crippen MR) is 137 cm³/mol. The van der Waals surface area contributed by atoms with E-state index in [4.69, 9.17) is 9.84 Å². The molecule has 10 heteroatoms. The first-order valence-electron chi connectivity index (χ1n) is 9.78. The average Bonchev–Trinajstić information content (AvgIpc) is 3.13. The van der Waals surface area contributed by atoms with Crippen LogP contribution < -0.4 is 10.1 Å². The van der Waals surface area contributed by atoms with Gasteiger partial charge in [-0.3, -0.25) is 4.79 Å². The van der Waals surface area contributed by atoms with E-state index in [-0.39, 0.29) is 23.9 Å². The fourth-order valence-corrected chi connectivity index (χ4v) is 5.26. The zero-order valence-electron chi connectivity index (χ0n) is 17.2. The third kappa shape index (κ3) is 5.94. The molecule has 0 spiro atoms. The van der Waals surface area contributed by atoms with Crippen LogP contribution in [-0.2, 0) is 11.4 Å². The molecule has 172 valence electrons. The van der Waals surface area contributed by atoms with Crippen LogP contribution in [0.5, 0.6) is 5.75 Å². The van der Waals surface area contributed by atoms with Crippen LogP contribution in [0.15, 0.2) is 79.5 Å². The van der Waals surface area contributed by atoms with E-state index in [1.165, 1.54) is 48.2 Å². The van der Waals surface area contributed by atoms with Gasteiger partial charge in [-0.1, -0.05) is 12.1 Å². The summed E-state index contributed by atoms with van der Waals surface area (Å²) in [5, 5.41) is 12.1. The molecule has 0 aromatic heterocycles. The number of ether oxygens (including phenoxy) is 1. The van der Waals surface area contributed by atoms with E-state index < -0.39 is 5.97 Å². The summed E-state index contributed by atoms with van der Waals surface area (Å²) in [6.07, 6.45) is 1.73. The maximum absolute atomic E-state index is 13.1. The highest BCUT2D eigenvalue weighted by Crippen LogP contribution is 2.37. The Balaban J connectivity index is 1.47. The highest BCUT2D eigenvalue weighted by molar-refractivity contribution is 9.11. The minimum atomic E-state index is -0.981. The van der Waals surface area contributed by atoms with E-state index in [1.54, 1.807) is 18.2 Å². The third-order valence-corrected chi connectivity index (χ3v) is 6.70. The van der Waals surface area contributed by atoms with E-state index in [0.29, 0.717) is 30.5 Å². The normalized spacial score (nSPS) is 15.6. The molecule has 3 aromatic rings. The van der Waals surface area contributed by atoms with Gasteiger partial charge in [0.25, 0.3) is 5.91 Å². The lowest BCUT2D eigenvalue weighted by Gasteiger charge is -2.12. The molecule has 6 nitrogen and oxygen atoms in total. The standard InChI is InChI=1S/C24H15Br2FN2O4S/c25-18-9-14(10-19(26)21(18)33-12-13-1-3-15(4-2-13)23(31)32)11-20-22(30)29-24(34-20)28-17-7-5-16(27)6-8-17/h1-11H,12H2,(H,31,32)(H,28,29,30)/b20-11+. The molecule has 4 rings (SSSR count). The van der Waals surface area contributed by atoms with E-state index in [9.17, 15) is 14.0 Å². The Kier molecular flexibility index (Phi) is 7.50. The molecular weight excluding hydrogens is 591 g/mol. The first-order chi connectivity index (χ1) is 16.3. The summed E-state index contributed by atoms with van der Waals surface area (Å²) in [4.78, 5) is 28.1. The van der Waals surface area contributed by atoms with Crippen molar-refractivity contribution in [1.29, 1.82) is 0 Å². The second-order valence-corrected chi connectivity index (χ2v) is 9.80. The van der Waals surface area contributed by atoms with Gasteiger partial charge in [0.05, 0.1) is 25.1 Å². The smallest absolute Gasteiger partial charge is 0.335 e. The molecule has 1 aliphatic heterocycles. The number of carboxylic acids is 1. The number of amidine groups is 1. The molecule has 1 heterocycles. The zero-order chi connectivity index (χ0) is 24.2. The van der Waals surface area contributed by atoms with Crippen LogP contribution in [0.2, 0.25) is 0 Å². The van der Waals surface area contributed by atoms with Gasteiger partial charge in [0, 0.05) is 0 Å². The number of carboxylic acid groups (broad SMARTS) is 1. The number of benzene rings is 3.